The van der Waals surface area contributed by atoms with E-state index in [1.54, 1.807) is 13.8 Å². The first-order valence-electron chi connectivity index (χ1n) is 11.5. The highest BCUT2D eigenvalue weighted by Crippen LogP contribution is 2.70. The first-order chi connectivity index (χ1) is 15.6. The van der Waals surface area contributed by atoms with E-state index in [1.807, 2.05) is 0 Å². The van der Waals surface area contributed by atoms with E-state index < -0.39 is 0 Å². The Morgan fingerprint density at radius 2 is 2.06 bits per heavy atom. The zero-order valence-electron chi connectivity index (χ0n) is 19.8. The van der Waals surface area contributed by atoms with Crippen molar-refractivity contribution in [2.45, 2.75) is 59.0 Å². The number of Topliss-reactive ketones (excluding diaryl/α,β-unsaturated/α-hetero) is 1. The first-order valence-corrected chi connectivity index (χ1v) is 11.5. The number of hydrazine groups is 1. The normalized spacial score (nSPS) is 36.9. The number of allylic oxidation sites excluding steroid dienone is 4. The van der Waals surface area contributed by atoms with Crippen LogP contribution in [-0.4, -0.2) is 28.8 Å². The van der Waals surface area contributed by atoms with Crippen molar-refractivity contribution in [3.05, 3.63) is 47.9 Å². The summed E-state index contributed by atoms with van der Waals surface area (Å²) >= 11 is 0. The SMILES string of the molecule is C=C/C(=C(\C)N)N(N)OC=O.C=C1CC23CC1CCC2C1=CCC(OO)[C@@H](C(C)=O)C1C3C. The Kier molecular flexibility index (Phi) is 7.51. The highest BCUT2D eigenvalue weighted by Gasteiger charge is 2.63. The van der Waals surface area contributed by atoms with E-state index in [1.165, 1.54) is 36.5 Å². The molecule has 3 fully saturated rings. The van der Waals surface area contributed by atoms with Gasteiger partial charge in [-0.05, 0) is 81.1 Å². The van der Waals surface area contributed by atoms with E-state index in [9.17, 15) is 14.8 Å². The summed E-state index contributed by atoms with van der Waals surface area (Å²) in [7, 11) is 0. The number of fused-ring (bicyclic) bond motifs is 3. The van der Waals surface area contributed by atoms with Crippen molar-refractivity contribution in [1.29, 1.82) is 0 Å². The predicted molar refractivity (Wildman–Crippen MR) is 124 cm³/mol. The Labute approximate surface area is 195 Å². The van der Waals surface area contributed by atoms with E-state index in [2.05, 4.69) is 31.0 Å². The lowest BCUT2D eigenvalue weighted by Gasteiger charge is -2.39. The molecule has 4 aliphatic carbocycles. The summed E-state index contributed by atoms with van der Waals surface area (Å²) in [4.78, 5) is 31.1. The lowest BCUT2D eigenvalue weighted by Crippen LogP contribution is -2.40. The molecule has 2 bridgehead atoms. The highest BCUT2D eigenvalue weighted by atomic mass is 17.1. The molecule has 182 valence electrons. The number of rotatable bonds is 6. The molecule has 0 aromatic rings. The Balaban J connectivity index is 0.000000239. The minimum absolute atomic E-state index is 0.157. The molecule has 4 rings (SSSR count). The van der Waals surface area contributed by atoms with E-state index >= 15 is 0 Å². The number of hydroxylamine groups is 1. The third-order valence-corrected chi connectivity index (χ3v) is 8.46. The maximum Gasteiger partial charge on any atom is 0.322 e. The summed E-state index contributed by atoms with van der Waals surface area (Å²) in [6.45, 7) is 13.6. The predicted octanol–water partition coefficient (Wildman–Crippen LogP) is 3.63. The van der Waals surface area contributed by atoms with Crippen LogP contribution < -0.4 is 11.6 Å². The zero-order chi connectivity index (χ0) is 24.5. The van der Waals surface area contributed by atoms with Crippen LogP contribution in [-0.2, 0) is 19.3 Å². The van der Waals surface area contributed by atoms with Crippen LogP contribution in [0, 0.1) is 35.0 Å². The fourth-order valence-corrected chi connectivity index (χ4v) is 7.09. The molecule has 3 saturated carbocycles. The molecule has 8 heteroatoms. The molecule has 8 nitrogen and oxygen atoms in total. The number of carbonyl (C=O) groups excluding carboxylic acids is 2. The van der Waals surface area contributed by atoms with Crippen molar-refractivity contribution in [3.8, 4) is 0 Å². The second-order valence-corrected chi connectivity index (χ2v) is 9.93. The maximum absolute atomic E-state index is 12.3. The molecule has 0 aromatic carbocycles. The van der Waals surface area contributed by atoms with Gasteiger partial charge in [-0.1, -0.05) is 37.3 Å². The second kappa shape index (κ2) is 9.83. The number of ketones is 1. The van der Waals surface area contributed by atoms with Gasteiger partial charge in [-0.3, -0.25) is 14.8 Å². The smallest absolute Gasteiger partial charge is 0.322 e. The van der Waals surface area contributed by atoms with Crippen molar-refractivity contribution in [2.24, 2.45) is 46.6 Å². The Morgan fingerprint density at radius 1 is 1.36 bits per heavy atom. The molecule has 0 heterocycles. The minimum Gasteiger partial charge on any atom is -0.400 e. The number of hydrogen-bond donors (Lipinski definition) is 3. The van der Waals surface area contributed by atoms with Gasteiger partial charge in [0.1, 0.15) is 17.6 Å². The molecule has 6 unspecified atom stereocenters. The van der Waals surface area contributed by atoms with E-state index in [4.69, 9.17) is 16.5 Å². The molecule has 4 aliphatic rings. The van der Waals surface area contributed by atoms with Crippen molar-refractivity contribution >= 4 is 12.3 Å². The first kappa shape index (κ1) is 25.2. The van der Waals surface area contributed by atoms with Gasteiger partial charge in [0, 0.05) is 5.70 Å². The quantitative estimate of drug-likeness (QED) is 0.137. The fourth-order valence-electron chi connectivity index (χ4n) is 7.09. The van der Waals surface area contributed by atoms with Gasteiger partial charge in [0.2, 0.25) is 0 Å². The second-order valence-electron chi connectivity index (χ2n) is 9.93. The van der Waals surface area contributed by atoms with E-state index in [0.717, 1.165) is 11.6 Å². The van der Waals surface area contributed by atoms with Gasteiger partial charge in [0.25, 0.3) is 0 Å². The summed E-state index contributed by atoms with van der Waals surface area (Å²) in [6.07, 6.45) is 8.84. The minimum atomic E-state index is -0.370. The average Bonchev–Trinajstić information content (AvgIpc) is 3.17. The van der Waals surface area contributed by atoms with E-state index in [0.29, 0.717) is 41.0 Å². The van der Waals surface area contributed by atoms with Gasteiger partial charge in [-0.2, -0.15) is 0 Å². The van der Waals surface area contributed by atoms with Crippen molar-refractivity contribution in [1.82, 2.24) is 5.17 Å². The van der Waals surface area contributed by atoms with Crippen LogP contribution in [0.1, 0.15) is 52.9 Å². The molecule has 7 atom stereocenters. The molecule has 0 aliphatic heterocycles. The highest BCUT2D eigenvalue weighted by molar-refractivity contribution is 5.80. The Hall–Kier alpha value is -2.42. The Bertz CT molecular complexity index is 877. The molecule has 1 spiro atoms. The molecular weight excluding hydrogens is 422 g/mol. The van der Waals surface area contributed by atoms with Gasteiger partial charge in [-0.15, -0.1) is 5.17 Å². The number of nitrogens with two attached hydrogens (primary N) is 2. The van der Waals surface area contributed by atoms with Crippen LogP contribution in [0.4, 0.5) is 0 Å². The van der Waals surface area contributed by atoms with Crippen molar-refractivity contribution in [3.63, 3.8) is 0 Å². The van der Waals surface area contributed by atoms with Crippen molar-refractivity contribution < 1.29 is 24.6 Å². The van der Waals surface area contributed by atoms with Gasteiger partial charge in [0.15, 0.2) is 0 Å². The van der Waals surface area contributed by atoms with Crippen LogP contribution >= 0.6 is 0 Å². The molecule has 0 radical (unpaired) electrons. The third-order valence-electron chi connectivity index (χ3n) is 8.46. The fraction of sp³-hybridized carbons (Fsp3) is 0.600. The largest absolute Gasteiger partial charge is 0.400 e. The topological polar surface area (TPSA) is 128 Å². The summed E-state index contributed by atoms with van der Waals surface area (Å²) in [5.74, 6) is 7.21. The van der Waals surface area contributed by atoms with Crippen LogP contribution in [0.2, 0.25) is 0 Å². The number of nitrogens with zero attached hydrogens (tertiary/aromatic N) is 1. The molecule has 5 N–H and O–H groups in total. The lowest BCUT2D eigenvalue weighted by molar-refractivity contribution is -0.291. The molecule has 33 heavy (non-hydrogen) atoms. The third kappa shape index (κ3) is 4.27. The van der Waals surface area contributed by atoms with Crippen LogP contribution in [0.25, 0.3) is 0 Å². The van der Waals surface area contributed by atoms with Gasteiger partial charge in [0.05, 0.1) is 5.92 Å². The van der Waals surface area contributed by atoms with Crippen molar-refractivity contribution in [2.75, 3.05) is 0 Å². The Morgan fingerprint density at radius 3 is 2.61 bits per heavy atom. The molecular formula is C25H37N3O5. The number of carbonyl (C=O) groups is 2. The summed E-state index contributed by atoms with van der Waals surface area (Å²) in [5.41, 5.74) is 9.39. The van der Waals surface area contributed by atoms with Crippen LogP contribution in [0.5, 0.6) is 0 Å². The summed E-state index contributed by atoms with van der Waals surface area (Å²) in [6, 6.07) is 0. The molecule has 0 amide bonds. The average molecular weight is 460 g/mol. The number of hydrogen-bond acceptors (Lipinski definition) is 8. The van der Waals surface area contributed by atoms with Gasteiger partial charge < -0.3 is 10.6 Å². The molecule has 0 saturated heterocycles. The van der Waals surface area contributed by atoms with Crippen LogP contribution in [0.3, 0.4) is 0 Å². The lowest BCUT2D eigenvalue weighted by atomic mass is 9.65. The monoisotopic (exact) mass is 459 g/mol. The van der Waals surface area contributed by atoms with Gasteiger partial charge in [-0.25, -0.2) is 10.7 Å². The van der Waals surface area contributed by atoms with Gasteiger partial charge >= 0.3 is 6.47 Å². The zero-order valence-corrected chi connectivity index (χ0v) is 19.8. The van der Waals surface area contributed by atoms with E-state index in [-0.39, 0.29) is 30.2 Å². The standard InChI is InChI=1S/C19H26O3.C6H11N3O2/c1-10-8-19-9-13(10)4-6-15(19)14-5-7-16(22-21)18(12(3)20)17(14)11(19)2;1-3-6(5(2)7)9(8)11-4-10/h5,11,13,15-18,21H,1,4,6-9H2,2-3H3;3-4H,1,7-8H2,2H3/b;6-5-/t11?,13?,15?,16?,17?,18-,19?;/m1./s1. The summed E-state index contributed by atoms with van der Waals surface area (Å²) < 4.78 is 0. The molecule has 0 aromatic heterocycles. The van der Waals surface area contributed by atoms with Crippen LogP contribution in [0.15, 0.2) is 47.9 Å². The summed E-state index contributed by atoms with van der Waals surface area (Å²) in [5, 5.41) is 10.00. The maximum atomic E-state index is 12.3.